The van der Waals surface area contributed by atoms with Gasteiger partial charge in [0, 0.05) is 21.1 Å². The second-order valence-electron chi connectivity index (χ2n) is 3.79. The minimum atomic E-state index is -0.464. The predicted molar refractivity (Wildman–Crippen MR) is 67.5 cm³/mol. The topological polar surface area (TPSA) is 63.2 Å². The summed E-state index contributed by atoms with van der Waals surface area (Å²) in [5.74, 6) is 0.506. The molecule has 19 heavy (non-hydrogen) atoms. The molecule has 6 heteroatoms. The van der Waals surface area contributed by atoms with Gasteiger partial charge in [-0.05, 0) is 24.6 Å². The number of carbonyl (C=O) groups excluding carboxylic acids is 1. The second-order valence-corrected chi connectivity index (χ2v) is 3.79. The summed E-state index contributed by atoms with van der Waals surface area (Å²) in [6.45, 7) is 3.26. The standard InChI is InChI=1S/C13H18O6/c1-9-5-11(17-7-15-3)13(19-10(2)14)12(6-9)18-8-16-4/h5-6H,7-8H2,1-4H3. The fourth-order valence-electron chi connectivity index (χ4n) is 1.41. The zero-order chi connectivity index (χ0) is 14.3. The molecule has 0 saturated carbocycles. The van der Waals surface area contributed by atoms with E-state index in [4.69, 9.17) is 23.7 Å². The maximum atomic E-state index is 11.2. The van der Waals surface area contributed by atoms with Crippen LogP contribution in [0, 0.1) is 6.92 Å². The number of hydrogen-bond donors (Lipinski definition) is 0. The first kappa shape index (κ1) is 15.3. The molecule has 0 heterocycles. The number of hydrogen-bond acceptors (Lipinski definition) is 6. The van der Waals surface area contributed by atoms with Crippen molar-refractivity contribution in [3.63, 3.8) is 0 Å². The van der Waals surface area contributed by atoms with Gasteiger partial charge in [-0.15, -0.1) is 0 Å². The summed E-state index contributed by atoms with van der Waals surface area (Å²) >= 11 is 0. The van der Waals surface area contributed by atoms with Gasteiger partial charge in [0.2, 0.25) is 5.75 Å². The summed E-state index contributed by atoms with van der Waals surface area (Å²) in [6, 6.07) is 3.47. The number of carbonyl (C=O) groups is 1. The van der Waals surface area contributed by atoms with Crippen molar-refractivity contribution in [3.05, 3.63) is 17.7 Å². The van der Waals surface area contributed by atoms with E-state index in [0.717, 1.165) is 5.56 Å². The number of aryl methyl sites for hydroxylation is 1. The zero-order valence-electron chi connectivity index (χ0n) is 11.5. The monoisotopic (exact) mass is 270 g/mol. The molecule has 0 aliphatic carbocycles. The van der Waals surface area contributed by atoms with Crippen molar-refractivity contribution >= 4 is 5.97 Å². The largest absolute Gasteiger partial charge is 0.463 e. The number of esters is 1. The van der Waals surface area contributed by atoms with Gasteiger partial charge in [0.15, 0.2) is 25.1 Å². The van der Waals surface area contributed by atoms with Gasteiger partial charge in [0.05, 0.1) is 0 Å². The molecular weight excluding hydrogens is 252 g/mol. The van der Waals surface area contributed by atoms with E-state index in [1.54, 1.807) is 12.1 Å². The normalized spacial score (nSPS) is 10.1. The Morgan fingerprint density at radius 3 is 1.89 bits per heavy atom. The van der Waals surface area contributed by atoms with Crippen LogP contribution in [0.15, 0.2) is 12.1 Å². The van der Waals surface area contributed by atoms with E-state index in [1.807, 2.05) is 6.92 Å². The van der Waals surface area contributed by atoms with Gasteiger partial charge >= 0.3 is 5.97 Å². The summed E-state index contributed by atoms with van der Waals surface area (Å²) in [7, 11) is 3.01. The molecule has 0 bridgehead atoms. The molecule has 0 N–H and O–H groups in total. The molecule has 0 spiro atoms. The van der Waals surface area contributed by atoms with Crippen LogP contribution in [0.3, 0.4) is 0 Å². The summed E-state index contributed by atoms with van der Waals surface area (Å²) in [5.41, 5.74) is 0.896. The van der Waals surface area contributed by atoms with Crippen molar-refractivity contribution < 1.29 is 28.5 Å². The Hall–Kier alpha value is -1.79. The van der Waals surface area contributed by atoms with Crippen molar-refractivity contribution in [2.24, 2.45) is 0 Å². The van der Waals surface area contributed by atoms with Crippen LogP contribution in [0.4, 0.5) is 0 Å². The van der Waals surface area contributed by atoms with Gasteiger partial charge in [-0.2, -0.15) is 0 Å². The van der Waals surface area contributed by atoms with Crippen LogP contribution in [0.2, 0.25) is 0 Å². The van der Waals surface area contributed by atoms with Crippen LogP contribution >= 0.6 is 0 Å². The van der Waals surface area contributed by atoms with Gasteiger partial charge in [0.1, 0.15) is 0 Å². The molecule has 0 fully saturated rings. The third kappa shape index (κ3) is 4.76. The fourth-order valence-corrected chi connectivity index (χ4v) is 1.41. The summed E-state index contributed by atoms with van der Waals surface area (Å²) in [6.07, 6.45) is 0. The first-order valence-electron chi connectivity index (χ1n) is 5.65. The lowest BCUT2D eigenvalue weighted by atomic mass is 10.2. The lowest BCUT2D eigenvalue weighted by Gasteiger charge is -2.15. The summed E-state index contributed by atoms with van der Waals surface area (Å²) < 4.78 is 25.5. The average Bonchev–Trinajstić information content (AvgIpc) is 2.36. The molecule has 0 aliphatic heterocycles. The van der Waals surface area contributed by atoms with Crippen molar-refractivity contribution in [2.45, 2.75) is 13.8 Å². The van der Waals surface area contributed by atoms with Gasteiger partial charge in [0.25, 0.3) is 0 Å². The first-order valence-corrected chi connectivity index (χ1v) is 5.65. The Morgan fingerprint density at radius 1 is 1.05 bits per heavy atom. The molecule has 1 aromatic carbocycles. The molecule has 0 saturated heterocycles. The number of rotatable bonds is 7. The van der Waals surface area contributed by atoms with Gasteiger partial charge in [-0.3, -0.25) is 4.79 Å². The van der Waals surface area contributed by atoms with Gasteiger partial charge < -0.3 is 23.7 Å². The van der Waals surface area contributed by atoms with E-state index in [9.17, 15) is 4.79 Å². The van der Waals surface area contributed by atoms with Crippen molar-refractivity contribution in [1.29, 1.82) is 0 Å². The molecular formula is C13H18O6. The van der Waals surface area contributed by atoms with Crippen LogP contribution in [0.5, 0.6) is 17.2 Å². The number of benzene rings is 1. The minimum absolute atomic E-state index is 0.0431. The van der Waals surface area contributed by atoms with E-state index in [0.29, 0.717) is 11.5 Å². The van der Waals surface area contributed by atoms with E-state index in [1.165, 1.54) is 21.1 Å². The van der Waals surface area contributed by atoms with Crippen molar-refractivity contribution in [3.8, 4) is 17.2 Å². The molecule has 1 rings (SSSR count). The van der Waals surface area contributed by atoms with E-state index < -0.39 is 5.97 Å². The predicted octanol–water partition coefficient (Wildman–Crippen LogP) is 1.89. The maximum Gasteiger partial charge on any atom is 0.308 e. The summed E-state index contributed by atoms with van der Waals surface area (Å²) in [5, 5.41) is 0. The molecule has 0 atom stereocenters. The summed E-state index contributed by atoms with van der Waals surface area (Å²) in [4.78, 5) is 11.2. The molecule has 0 radical (unpaired) electrons. The Labute approximate surface area is 112 Å². The Bertz CT molecular complexity index is 400. The highest BCUT2D eigenvalue weighted by Gasteiger charge is 2.16. The molecule has 0 aromatic heterocycles. The molecule has 1 aromatic rings. The van der Waals surface area contributed by atoms with E-state index in [-0.39, 0.29) is 19.3 Å². The number of methoxy groups -OCH3 is 2. The highest BCUT2D eigenvalue weighted by molar-refractivity contribution is 5.72. The third-order valence-corrected chi connectivity index (χ3v) is 2.08. The molecule has 106 valence electrons. The Balaban J connectivity index is 3.10. The maximum absolute atomic E-state index is 11.2. The number of ether oxygens (including phenoxy) is 5. The molecule has 0 aliphatic rings. The van der Waals surface area contributed by atoms with E-state index >= 15 is 0 Å². The Morgan fingerprint density at radius 2 is 1.53 bits per heavy atom. The zero-order valence-corrected chi connectivity index (χ0v) is 11.5. The van der Waals surface area contributed by atoms with Crippen LogP contribution in [0.1, 0.15) is 12.5 Å². The second kappa shape index (κ2) is 7.60. The fraction of sp³-hybridized carbons (Fsp3) is 0.462. The quantitative estimate of drug-likeness (QED) is 0.428. The van der Waals surface area contributed by atoms with Crippen molar-refractivity contribution in [1.82, 2.24) is 0 Å². The lowest BCUT2D eigenvalue weighted by Crippen LogP contribution is -2.09. The lowest BCUT2D eigenvalue weighted by molar-refractivity contribution is -0.132. The minimum Gasteiger partial charge on any atom is -0.463 e. The first-order chi connectivity index (χ1) is 9.08. The van der Waals surface area contributed by atoms with Crippen LogP contribution < -0.4 is 14.2 Å². The molecule has 0 amide bonds. The molecule has 6 nitrogen and oxygen atoms in total. The van der Waals surface area contributed by atoms with E-state index in [2.05, 4.69) is 0 Å². The smallest absolute Gasteiger partial charge is 0.308 e. The van der Waals surface area contributed by atoms with Crippen molar-refractivity contribution in [2.75, 3.05) is 27.8 Å². The van der Waals surface area contributed by atoms with Crippen LogP contribution in [-0.4, -0.2) is 33.8 Å². The highest BCUT2D eigenvalue weighted by atomic mass is 16.7. The average molecular weight is 270 g/mol. The SMILES string of the molecule is COCOc1cc(C)cc(OCOC)c1OC(C)=O. The molecule has 0 unspecified atom stereocenters. The highest BCUT2D eigenvalue weighted by Crippen LogP contribution is 2.39. The van der Waals surface area contributed by atoms with Crippen LogP contribution in [-0.2, 0) is 14.3 Å². The van der Waals surface area contributed by atoms with Gasteiger partial charge in [-0.25, -0.2) is 0 Å². The van der Waals surface area contributed by atoms with Gasteiger partial charge in [-0.1, -0.05) is 0 Å². The van der Waals surface area contributed by atoms with Crippen LogP contribution in [0.25, 0.3) is 0 Å². The third-order valence-electron chi connectivity index (χ3n) is 2.08. The Kier molecular flexibility index (Phi) is 6.11.